The van der Waals surface area contributed by atoms with E-state index < -0.39 is 0 Å². The van der Waals surface area contributed by atoms with Crippen molar-refractivity contribution in [2.45, 2.75) is 6.04 Å². The van der Waals surface area contributed by atoms with Crippen molar-refractivity contribution in [1.29, 1.82) is 0 Å². The molecule has 0 fully saturated rings. The van der Waals surface area contributed by atoms with Crippen molar-refractivity contribution in [2.24, 2.45) is 5.84 Å². The minimum absolute atomic E-state index is 0.286. The van der Waals surface area contributed by atoms with Gasteiger partial charge >= 0.3 is 0 Å². The van der Waals surface area contributed by atoms with Crippen LogP contribution in [0.4, 0.5) is 0 Å². The summed E-state index contributed by atoms with van der Waals surface area (Å²) in [6.07, 6.45) is 5.39. The van der Waals surface area contributed by atoms with Gasteiger partial charge in [0.1, 0.15) is 11.4 Å². The number of ether oxygens (including phenoxy) is 1. The highest BCUT2D eigenvalue weighted by Crippen LogP contribution is 2.29. The summed E-state index contributed by atoms with van der Waals surface area (Å²) >= 11 is 0. The summed E-state index contributed by atoms with van der Waals surface area (Å²) < 4.78 is 7.15. The van der Waals surface area contributed by atoms with Crippen LogP contribution in [0.3, 0.4) is 0 Å². The molecule has 3 aromatic rings. The largest absolute Gasteiger partial charge is 0.495 e. The molecule has 1 unspecified atom stereocenters. The molecule has 1 atom stereocenters. The van der Waals surface area contributed by atoms with Gasteiger partial charge in [-0.15, -0.1) is 0 Å². The molecule has 20 heavy (non-hydrogen) atoms. The number of nitrogens with one attached hydrogen (secondary N) is 1. The maximum atomic E-state index is 5.73. The Morgan fingerprint density at radius 1 is 1.30 bits per heavy atom. The van der Waals surface area contributed by atoms with E-state index in [0.29, 0.717) is 5.75 Å². The third kappa shape index (κ3) is 2.01. The van der Waals surface area contributed by atoms with Crippen LogP contribution in [0.15, 0.2) is 48.9 Å². The molecule has 3 N–H and O–H groups in total. The zero-order chi connectivity index (χ0) is 13.9. The van der Waals surface area contributed by atoms with E-state index in [1.165, 1.54) is 0 Å². The van der Waals surface area contributed by atoms with Gasteiger partial charge in [0.2, 0.25) is 0 Å². The highest BCUT2D eigenvalue weighted by molar-refractivity contribution is 5.57. The Bertz CT molecular complexity index is 724. The Labute approximate surface area is 116 Å². The first-order valence-corrected chi connectivity index (χ1v) is 6.22. The number of rotatable bonds is 4. The van der Waals surface area contributed by atoms with E-state index in [0.717, 1.165) is 16.8 Å². The van der Waals surface area contributed by atoms with Gasteiger partial charge in [0.25, 0.3) is 0 Å². The van der Waals surface area contributed by atoms with Gasteiger partial charge in [0.05, 0.1) is 24.9 Å². The van der Waals surface area contributed by atoms with Gasteiger partial charge in [-0.05, 0) is 24.3 Å². The van der Waals surface area contributed by atoms with Crippen LogP contribution in [0, 0.1) is 0 Å². The molecule has 0 aliphatic carbocycles. The molecule has 6 heteroatoms. The Balaban J connectivity index is 2.14. The summed E-state index contributed by atoms with van der Waals surface area (Å²) in [6, 6.07) is 9.28. The number of hydrogen-bond donors (Lipinski definition) is 2. The van der Waals surface area contributed by atoms with Crippen LogP contribution in [-0.2, 0) is 0 Å². The predicted octanol–water partition coefficient (Wildman–Crippen LogP) is 1.29. The van der Waals surface area contributed by atoms with E-state index in [1.54, 1.807) is 24.0 Å². The first-order valence-electron chi connectivity index (χ1n) is 6.22. The number of nitrogens with zero attached hydrogens (tertiary/aromatic N) is 3. The van der Waals surface area contributed by atoms with E-state index in [9.17, 15) is 0 Å². The summed E-state index contributed by atoms with van der Waals surface area (Å²) in [5.74, 6) is 6.41. The second-order valence-corrected chi connectivity index (χ2v) is 4.32. The number of fused-ring (bicyclic) bond motifs is 1. The van der Waals surface area contributed by atoms with Crippen molar-refractivity contribution in [2.75, 3.05) is 7.11 Å². The number of pyridine rings is 2. The van der Waals surface area contributed by atoms with Crippen molar-refractivity contribution >= 4 is 5.52 Å². The second kappa shape index (κ2) is 5.28. The number of hydrazine groups is 1. The fraction of sp³-hybridized carbons (Fsp3) is 0.143. The Hall–Kier alpha value is -2.44. The normalized spacial score (nSPS) is 12.5. The molecule has 0 bridgehead atoms. The Morgan fingerprint density at radius 3 is 3.00 bits per heavy atom. The number of nitrogens with two attached hydrogens (primary N) is 1. The van der Waals surface area contributed by atoms with Gasteiger partial charge in [-0.2, -0.15) is 5.10 Å². The molecule has 102 valence electrons. The Morgan fingerprint density at radius 2 is 2.20 bits per heavy atom. The van der Waals surface area contributed by atoms with E-state index in [4.69, 9.17) is 10.6 Å². The van der Waals surface area contributed by atoms with Crippen molar-refractivity contribution in [3.63, 3.8) is 0 Å². The van der Waals surface area contributed by atoms with Crippen molar-refractivity contribution in [1.82, 2.24) is 20.0 Å². The van der Waals surface area contributed by atoms with E-state index in [2.05, 4.69) is 15.5 Å². The number of hydrogen-bond acceptors (Lipinski definition) is 5. The summed E-state index contributed by atoms with van der Waals surface area (Å²) in [6.45, 7) is 0. The molecule has 0 spiro atoms. The highest BCUT2D eigenvalue weighted by Gasteiger charge is 2.21. The van der Waals surface area contributed by atoms with Crippen LogP contribution in [0.5, 0.6) is 5.75 Å². The molecule has 3 heterocycles. The first-order chi connectivity index (χ1) is 9.85. The lowest BCUT2D eigenvalue weighted by molar-refractivity contribution is 0.400. The third-order valence-electron chi connectivity index (χ3n) is 3.23. The van der Waals surface area contributed by atoms with Crippen LogP contribution >= 0.6 is 0 Å². The monoisotopic (exact) mass is 269 g/mol. The molecular weight excluding hydrogens is 254 g/mol. The summed E-state index contributed by atoms with van der Waals surface area (Å²) in [5, 5.41) is 4.32. The average Bonchev–Trinajstić information content (AvgIpc) is 2.93. The lowest BCUT2D eigenvalue weighted by atomic mass is 10.0. The summed E-state index contributed by atoms with van der Waals surface area (Å²) in [4.78, 5) is 4.38. The molecular formula is C14H15N5O. The van der Waals surface area contributed by atoms with E-state index in [-0.39, 0.29) is 6.04 Å². The average molecular weight is 269 g/mol. The second-order valence-electron chi connectivity index (χ2n) is 4.32. The summed E-state index contributed by atoms with van der Waals surface area (Å²) in [7, 11) is 1.62. The number of aromatic nitrogens is 3. The third-order valence-corrected chi connectivity index (χ3v) is 3.23. The van der Waals surface area contributed by atoms with Crippen LogP contribution in [-0.4, -0.2) is 21.7 Å². The molecule has 3 rings (SSSR count). The fourth-order valence-electron chi connectivity index (χ4n) is 2.28. The van der Waals surface area contributed by atoms with Gasteiger partial charge in [-0.1, -0.05) is 6.07 Å². The van der Waals surface area contributed by atoms with Gasteiger partial charge in [-0.3, -0.25) is 10.8 Å². The van der Waals surface area contributed by atoms with Gasteiger partial charge in [-0.25, -0.2) is 9.94 Å². The van der Waals surface area contributed by atoms with Crippen LogP contribution < -0.4 is 16.0 Å². The minimum atomic E-state index is -0.286. The van der Waals surface area contributed by atoms with E-state index in [1.807, 2.05) is 36.5 Å². The van der Waals surface area contributed by atoms with Gasteiger partial charge < -0.3 is 4.74 Å². The zero-order valence-electron chi connectivity index (χ0n) is 11.0. The molecule has 0 aliphatic heterocycles. The maximum absolute atomic E-state index is 5.73. The topological polar surface area (TPSA) is 77.5 Å². The predicted molar refractivity (Wildman–Crippen MR) is 75.1 cm³/mol. The quantitative estimate of drug-likeness (QED) is 0.551. The molecule has 0 amide bonds. The molecule has 0 radical (unpaired) electrons. The Kier molecular flexibility index (Phi) is 3.32. The molecule has 3 aromatic heterocycles. The zero-order valence-corrected chi connectivity index (χ0v) is 11.0. The van der Waals surface area contributed by atoms with Gasteiger partial charge in [0, 0.05) is 18.0 Å². The standard InChI is InChI=1S/C14H15N5O/c1-20-12-6-4-7-16-14(12)13(18-15)10-9-17-19-8-3-2-5-11(10)19/h2-9,13,18H,15H2,1H3. The first kappa shape index (κ1) is 12.6. The van der Waals surface area contributed by atoms with Gasteiger partial charge in [0.15, 0.2) is 0 Å². The SMILES string of the molecule is COc1cccnc1C(NN)c1cnn2ccccc12. The molecule has 0 saturated heterocycles. The molecule has 0 saturated carbocycles. The lowest BCUT2D eigenvalue weighted by Gasteiger charge is -2.17. The summed E-state index contributed by atoms with van der Waals surface area (Å²) in [5.41, 5.74) is 5.45. The molecule has 0 aromatic carbocycles. The fourth-order valence-corrected chi connectivity index (χ4v) is 2.28. The van der Waals surface area contributed by atoms with Crippen molar-refractivity contribution in [3.8, 4) is 5.75 Å². The maximum Gasteiger partial charge on any atom is 0.142 e. The smallest absolute Gasteiger partial charge is 0.142 e. The number of methoxy groups -OCH3 is 1. The van der Waals surface area contributed by atoms with E-state index >= 15 is 0 Å². The molecule has 0 aliphatic rings. The minimum Gasteiger partial charge on any atom is -0.495 e. The van der Waals surface area contributed by atoms with Crippen LogP contribution in [0.1, 0.15) is 17.3 Å². The lowest BCUT2D eigenvalue weighted by Crippen LogP contribution is -2.29. The van der Waals surface area contributed by atoms with Crippen LogP contribution in [0.25, 0.3) is 5.52 Å². The highest BCUT2D eigenvalue weighted by atomic mass is 16.5. The van der Waals surface area contributed by atoms with Crippen LogP contribution in [0.2, 0.25) is 0 Å². The van der Waals surface area contributed by atoms with Crippen molar-refractivity contribution < 1.29 is 4.74 Å². The van der Waals surface area contributed by atoms with Crippen molar-refractivity contribution in [3.05, 3.63) is 60.2 Å². The molecule has 6 nitrogen and oxygen atoms in total.